The number of halogens is 3. The lowest BCUT2D eigenvalue weighted by Crippen LogP contribution is -2.03. The van der Waals surface area contributed by atoms with Crippen LogP contribution in [0.2, 0.25) is 0 Å². The van der Waals surface area contributed by atoms with Gasteiger partial charge in [-0.3, -0.25) is 0 Å². The summed E-state index contributed by atoms with van der Waals surface area (Å²) < 4.78 is 41.3. The van der Waals surface area contributed by atoms with Crippen LogP contribution in [0.25, 0.3) is 17.0 Å². The summed E-state index contributed by atoms with van der Waals surface area (Å²) in [5, 5.41) is 9.12. The molecule has 0 saturated heterocycles. The fourth-order valence-corrected chi connectivity index (χ4v) is 2.20. The lowest BCUT2D eigenvalue weighted by Gasteiger charge is -2.09. The van der Waals surface area contributed by atoms with E-state index in [1.165, 1.54) is 30.3 Å². The number of allylic oxidation sites excluding steroid dienone is 1. The van der Waals surface area contributed by atoms with Crippen molar-refractivity contribution in [3.05, 3.63) is 65.2 Å². The maximum Gasteiger partial charge on any atom is 0.336 e. The molecule has 120 valence electrons. The number of rotatable bonds is 5. The van der Waals surface area contributed by atoms with Crippen molar-refractivity contribution in [1.82, 2.24) is 0 Å². The zero-order chi connectivity index (χ0) is 17.0. The monoisotopic (exact) mass is 320 g/mol. The molecule has 0 heterocycles. The molecule has 0 fully saturated rings. The van der Waals surface area contributed by atoms with Crippen LogP contribution in [0.5, 0.6) is 0 Å². The Morgan fingerprint density at radius 2 is 1.78 bits per heavy atom. The average Bonchev–Trinajstić information content (AvgIpc) is 2.55. The van der Waals surface area contributed by atoms with Crippen molar-refractivity contribution in [2.24, 2.45) is 0 Å². The second-order valence-corrected chi connectivity index (χ2v) is 5.01. The minimum absolute atomic E-state index is 0.173. The molecule has 2 nitrogen and oxygen atoms in total. The van der Waals surface area contributed by atoms with Gasteiger partial charge in [-0.1, -0.05) is 37.6 Å². The van der Waals surface area contributed by atoms with Crippen molar-refractivity contribution in [3.63, 3.8) is 0 Å². The van der Waals surface area contributed by atoms with Crippen LogP contribution in [0.15, 0.2) is 42.5 Å². The number of unbranched alkanes of at least 4 members (excludes halogenated alkanes) is 1. The van der Waals surface area contributed by atoms with Crippen molar-refractivity contribution in [3.8, 4) is 11.1 Å². The highest BCUT2D eigenvalue weighted by Crippen LogP contribution is 2.30. The summed E-state index contributed by atoms with van der Waals surface area (Å²) in [4.78, 5) is 11.2. The highest BCUT2D eigenvalue weighted by Gasteiger charge is 2.19. The lowest BCUT2D eigenvalue weighted by atomic mass is 9.97. The van der Waals surface area contributed by atoms with Crippen molar-refractivity contribution in [1.29, 1.82) is 0 Å². The molecule has 2 rings (SSSR count). The Balaban J connectivity index is 2.48. The van der Waals surface area contributed by atoms with Gasteiger partial charge in [0.05, 0.1) is 5.56 Å². The van der Waals surface area contributed by atoms with Gasteiger partial charge in [-0.25, -0.2) is 18.0 Å². The molecule has 0 spiro atoms. The Labute approximate surface area is 131 Å². The Hall–Kier alpha value is -2.56. The van der Waals surface area contributed by atoms with Gasteiger partial charge in [0.15, 0.2) is 11.6 Å². The summed E-state index contributed by atoms with van der Waals surface area (Å²) in [6, 6.07) is 7.34. The fourth-order valence-electron chi connectivity index (χ4n) is 2.20. The van der Waals surface area contributed by atoms with Crippen LogP contribution in [0.1, 0.15) is 35.7 Å². The van der Waals surface area contributed by atoms with Gasteiger partial charge in [0.25, 0.3) is 0 Å². The average molecular weight is 320 g/mol. The number of benzene rings is 2. The summed E-state index contributed by atoms with van der Waals surface area (Å²) in [5.41, 5.74) is -0.219. The minimum Gasteiger partial charge on any atom is -0.478 e. The molecule has 0 aromatic heterocycles. The van der Waals surface area contributed by atoms with Crippen LogP contribution in [0.3, 0.4) is 0 Å². The molecule has 5 heteroatoms. The summed E-state index contributed by atoms with van der Waals surface area (Å²) in [6.07, 6.45) is 2.84. The van der Waals surface area contributed by atoms with Crippen LogP contribution in [-0.4, -0.2) is 11.1 Å². The van der Waals surface area contributed by atoms with E-state index in [2.05, 4.69) is 0 Å². The first-order valence-corrected chi connectivity index (χ1v) is 7.13. The highest BCUT2D eigenvalue weighted by molar-refractivity contribution is 5.96. The van der Waals surface area contributed by atoms with Crippen LogP contribution >= 0.6 is 0 Å². The second kappa shape index (κ2) is 7.13. The molecule has 0 aliphatic carbocycles. The number of aromatic carboxylic acids is 1. The molecule has 0 unspecified atom stereocenters. The first-order chi connectivity index (χ1) is 11.0. The van der Waals surface area contributed by atoms with E-state index < -0.39 is 23.4 Å². The largest absolute Gasteiger partial charge is 0.478 e. The Morgan fingerprint density at radius 3 is 2.35 bits per heavy atom. The number of hydrogen-bond acceptors (Lipinski definition) is 1. The predicted molar refractivity (Wildman–Crippen MR) is 82.7 cm³/mol. The Morgan fingerprint density at radius 1 is 1.13 bits per heavy atom. The van der Waals surface area contributed by atoms with Crippen molar-refractivity contribution < 1.29 is 23.1 Å². The van der Waals surface area contributed by atoms with Crippen LogP contribution < -0.4 is 0 Å². The molecule has 0 aliphatic heterocycles. The van der Waals surface area contributed by atoms with Gasteiger partial charge in [0, 0.05) is 11.1 Å². The van der Waals surface area contributed by atoms with Crippen LogP contribution in [0.4, 0.5) is 13.2 Å². The van der Waals surface area contributed by atoms with E-state index in [0.29, 0.717) is 12.0 Å². The number of carboxylic acids is 1. The number of hydrogen-bond donors (Lipinski definition) is 1. The molecule has 0 aliphatic rings. The van der Waals surface area contributed by atoms with Gasteiger partial charge in [0.1, 0.15) is 5.83 Å². The van der Waals surface area contributed by atoms with Gasteiger partial charge in [0.2, 0.25) is 0 Å². The molecule has 2 aromatic rings. The number of carbonyl (C=O) groups is 1. The molecule has 0 saturated carbocycles. The minimum atomic E-state index is -1.36. The van der Waals surface area contributed by atoms with E-state index in [1.807, 2.05) is 6.92 Å². The molecule has 1 N–H and O–H groups in total. The molecule has 0 bridgehead atoms. The normalized spacial score (nSPS) is 11.6. The van der Waals surface area contributed by atoms with Gasteiger partial charge in [-0.2, -0.15) is 0 Å². The second-order valence-electron chi connectivity index (χ2n) is 5.01. The van der Waals surface area contributed by atoms with Gasteiger partial charge >= 0.3 is 5.97 Å². The van der Waals surface area contributed by atoms with Gasteiger partial charge in [-0.05, 0) is 30.2 Å². The smallest absolute Gasteiger partial charge is 0.336 e. The summed E-state index contributed by atoms with van der Waals surface area (Å²) in [7, 11) is 0. The van der Waals surface area contributed by atoms with Gasteiger partial charge < -0.3 is 5.11 Å². The van der Waals surface area contributed by atoms with Crippen LogP contribution in [-0.2, 0) is 0 Å². The third-order valence-electron chi connectivity index (χ3n) is 3.39. The van der Waals surface area contributed by atoms with E-state index in [1.54, 1.807) is 0 Å². The van der Waals surface area contributed by atoms with Crippen molar-refractivity contribution >= 4 is 11.8 Å². The fraction of sp³-hybridized carbons (Fsp3) is 0.167. The molecular formula is C18H15F3O2. The van der Waals surface area contributed by atoms with Crippen molar-refractivity contribution in [2.45, 2.75) is 19.8 Å². The Kier molecular flexibility index (Phi) is 5.21. The van der Waals surface area contributed by atoms with Crippen molar-refractivity contribution in [2.75, 3.05) is 0 Å². The molecule has 0 atom stereocenters. The molecule has 2 aromatic carbocycles. The van der Waals surface area contributed by atoms with Gasteiger partial charge in [-0.15, -0.1) is 0 Å². The Bertz CT molecular complexity index is 750. The topological polar surface area (TPSA) is 37.3 Å². The molecule has 0 radical (unpaired) electrons. The van der Waals surface area contributed by atoms with E-state index in [9.17, 15) is 18.0 Å². The first-order valence-electron chi connectivity index (χ1n) is 7.13. The summed E-state index contributed by atoms with van der Waals surface area (Å²) in [6.45, 7) is 1.92. The summed E-state index contributed by atoms with van der Waals surface area (Å²) in [5.74, 6) is -4.14. The third-order valence-corrected chi connectivity index (χ3v) is 3.39. The SMILES string of the molecule is CCC/C=C(/F)c1ccc(-c2c(C(=O)O)ccc(F)c2F)cc1. The molecular weight excluding hydrogens is 305 g/mol. The maximum absolute atomic E-state index is 14.0. The van der Waals surface area contributed by atoms with Crippen LogP contribution in [0, 0.1) is 11.6 Å². The maximum atomic E-state index is 14.0. The predicted octanol–water partition coefficient (Wildman–Crippen LogP) is 5.44. The van der Waals surface area contributed by atoms with E-state index in [0.717, 1.165) is 18.6 Å². The van der Waals surface area contributed by atoms with E-state index >= 15 is 0 Å². The zero-order valence-electron chi connectivity index (χ0n) is 12.4. The van der Waals surface area contributed by atoms with E-state index in [-0.39, 0.29) is 16.7 Å². The lowest BCUT2D eigenvalue weighted by molar-refractivity contribution is 0.0697. The third kappa shape index (κ3) is 3.62. The highest BCUT2D eigenvalue weighted by atomic mass is 19.2. The quantitative estimate of drug-likeness (QED) is 0.796. The standard InChI is InChI=1S/C18H15F3O2/c1-2-3-4-14(19)11-5-7-12(8-6-11)16-13(18(22)23)9-10-15(20)17(16)21/h4-10H,2-3H2,1H3,(H,22,23)/b14-4+. The summed E-state index contributed by atoms with van der Waals surface area (Å²) >= 11 is 0. The molecule has 0 amide bonds. The van der Waals surface area contributed by atoms with E-state index in [4.69, 9.17) is 5.11 Å². The molecule has 23 heavy (non-hydrogen) atoms. The first kappa shape index (κ1) is 16.8. The number of carboxylic acid groups (broad SMARTS) is 1. The zero-order valence-corrected chi connectivity index (χ0v) is 12.4.